The van der Waals surface area contributed by atoms with E-state index < -0.39 is 5.72 Å². The number of nitrogens with zero attached hydrogens (tertiary/aromatic N) is 1. The Morgan fingerprint density at radius 2 is 2.25 bits per heavy atom. The first-order chi connectivity index (χ1) is 9.35. The molecule has 5 heteroatoms. The average molecular weight is 297 g/mol. The first-order valence-electron chi connectivity index (χ1n) is 6.85. The van der Waals surface area contributed by atoms with Crippen molar-refractivity contribution in [3.63, 3.8) is 0 Å². The molecular weight excluding hydrogens is 276 g/mol. The molecule has 1 atom stereocenters. The third-order valence-corrected chi connectivity index (χ3v) is 4.09. The van der Waals surface area contributed by atoms with Gasteiger partial charge in [0.2, 0.25) is 0 Å². The molecule has 2 rings (SSSR count). The van der Waals surface area contributed by atoms with Crippen LogP contribution in [0.1, 0.15) is 32.8 Å². The highest BCUT2D eigenvalue weighted by molar-refractivity contribution is 6.31. The zero-order valence-electron chi connectivity index (χ0n) is 12.4. The Bertz CT molecular complexity index is 517. The molecule has 0 aromatic heterocycles. The van der Waals surface area contributed by atoms with Crippen molar-refractivity contribution in [3.8, 4) is 0 Å². The van der Waals surface area contributed by atoms with E-state index in [1.165, 1.54) is 0 Å². The molecule has 0 radical (unpaired) electrons. The highest BCUT2D eigenvalue weighted by Crippen LogP contribution is 2.30. The van der Waals surface area contributed by atoms with Crippen LogP contribution in [0.4, 0.5) is 10.5 Å². The van der Waals surface area contributed by atoms with E-state index in [0.717, 1.165) is 12.0 Å². The van der Waals surface area contributed by atoms with Gasteiger partial charge in [-0.3, -0.25) is 4.90 Å². The van der Waals surface area contributed by atoms with E-state index in [9.17, 15) is 4.79 Å². The minimum Gasteiger partial charge on any atom is -0.354 e. The maximum absolute atomic E-state index is 12.5. The molecule has 110 valence electrons. The van der Waals surface area contributed by atoms with Crippen LogP contribution in [0.5, 0.6) is 0 Å². The Labute approximate surface area is 125 Å². The van der Waals surface area contributed by atoms with Gasteiger partial charge in [0.15, 0.2) is 0 Å². The van der Waals surface area contributed by atoms with Crippen LogP contribution in [0.2, 0.25) is 5.02 Å². The lowest BCUT2D eigenvalue weighted by molar-refractivity contribution is -0.0301. The van der Waals surface area contributed by atoms with Crippen molar-refractivity contribution >= 4 is 23.3 Å². The second-order valence-electron chi connectivity index (χ2n) is 5.58. The van der Waals surface area contributed by atoms with Gasteiger partial charge in [0.05, 0.1) is 12.6 Å². The smallest absolute Gasteiger partial charge is 0.324 e. The molecule has 0 bridgehead atoms. The van der Waals surface area contributed by atoms with Crippen molar-refractivity contribution in [3.05, 3.63) is 28.8 Å². The molecule has 1 aliphatic heterocycles. The fourth-order valence-electron chi connectivity index (χ4n) is 2.45. The molecule has 1 fully saturated rings. The minimum absolute atomic E-state index is 0.103. The molecule has 0 spiro atoms. The summed E-state index contributed by atoms with van der Waals surface area (Å²) in [7, 11) is 0. The first-order valence-corrected chi connectivity index (χ1v) is 7.23. The number of anilines is 1. The van der Waals surface area contributed by atoms with Crippen LogP contribution in [0.15, 0.2) is 18.2 Å². The second-order valence-corrected chi connectivity index (χ2v) is 5.99. The lowest BCUT2D eigenvalue weighted by atomic mass is 10.2. The number of carbonyl (C=O) groups is 1. The highest BCUT2D eigenvalue weighted by Gasteiger charge is 2.42. The first kappa shape index (κ1) is 15.1. The van der Waals surface area contributed by atoms with Crippen LogP contribution < -0.4 is 5.32 Å². The van der Waals surface area contributed by atoms with Crippen molar-refractivity contribution in [2.75, 3.05) is 11.9 Å². The third kappa shape index (κ3) is 2.91. The zero-order valence-corrected chi connectivity index (χ0v) is 13.1. The van der Waals surface area contributed by atoms with Gasteiger partial charge in [0, 0.05) is 10.7 Å². The number of rotatable bonds is 2. The molecule has 0 saturated carbocycles. The fourth-order valence-corrected chi connectivity index (χ4v) is 2.63. The van der Waals surface area contributed by atoms with Crippen LogP contribution in [0.25, 0.3) is 0 Å². The Balaban J connectivity index is 2.16. The Kier molecular flexibility index (Phi) is 4.25. The lowest BCUT2D eigenvalue weighted by Crippen LogP contribution is -2.49. The molecule has 2 amide bonds. The summed E-state index contributed by atoms with van der Waals surface area (Å²) < 4.78 is 5.70. The summed E-state index contributed by atoms with van der Waals surface area (Å²) in [6.45, 7) is 8.37. The number of hydrogen-bond donors (Lipinski definition) is 1. The molecule has 0 aliphatic carbocycles. The minimum atomic E-state index is -0.584. The molecule has 1 aromatic carbocycles. The van der Waals surface area contributed by atoms with Gasteiger partial charge in [0.25, 0.3) is 0 Å². The Morgan fingerprint density at radius 1 is 1.55 bits per heavy atom. The summed E-state index contributed by atoms with van der Waals surface area (Å²) in [4.78, 5) is 14.3. The lowest BCUT2D eigenvalue weighted by Gasteiger charge is -2.33. The van der Waals surface area contributed by atoms with E-state index in [-0.39, 0.29) is 12.1 Å². The molecule has 20 heavy (non-hydrogen) atoms. The van der Waals surface area contributed by atoms with E-state index >= 15 is 0 Å². The van der Waals surface area contributed by atoms with Crippen molar-refractivity contribution in [1.29, 1.82) is 0 Å². The summed E-state index contributed by atoms with van der Waals surface area (Å²) in [6.07, 6.45) is 0.867. The number of ether oxygens (including phenoxy) is 1. The van der Waals surface area contributed by atoms with Crippen molar-refractivity contribution < 1.29 is 9.53 Å². The summed E-state index contributed by atoms with van der Waals surface area (Å²) in [6, 6.07) is 5.45. The van der Waals surface area contributed by atoms with Gasteiger partial charge < -0.3 is 10.1 Å². The number of urea groups is 1. The number of hydrogen-bond acceptors (Lipinski definition) is 2. The fraction of sp³-hybridized carbons (Fsp3) is 0.533. The van der Waals surface area contributed by atoms with Gasteiger partial charge in [-0.2, -0.15) is 0 Å². The number of benzene rings is 1. The van der Waals surface area contributed by atoms with Gasteiger partial charge >= 0.3 is 6.03 Å². The monoisotopic (exact) mass is 296 g/mol. The summed E-state index contributed by atoms with van der Waals surface area (Å²) in [5.41, 5.74) is 1.10. The molecule has 1 N–H and O–H groups in total. The zero-order chi connectivity index (χ0) is 14.9. The standard InChI is InChI=1S/C15H21ClN2O2/c1-5-12-9-20-15(3,4)18(12)14(19)17-11-7-6-10(2)13(16)8-11/h6-8,12H,5,9H2,1-4H3,(H,17,19). The van der Waals surface area contributed by atoms with Crippen LogP contribution in [-0.4, -0.2) is 29.3 Å². The molecule has 1 unspecified atom stereocenters. The predicted molar refractivity (Wildman–Crippen MR) is 81.2 cm³/mol. The van der Waals surface area contributed by atoms with E-state index in [0.29, 0.717) is 17.3 Å². The van der Waals surface area contributed by atoms with Gasteiger partial charge in [-0.05, 0) is 44.9 Å². The number of halogens is 1. The third-order valence-electron chi connectivity index (χ3n) is 3.69. The second kappa shape index (κ2) is 5.62. The average Bonchev–Trinajstić information content (AvgIpc) is 2.69. The van der Waals surface area contributed by atoms with E-state index in [2.05, 4.69) is 12.2 Å². The summed E-state index contributed by atoms with van der Waals surface area (Å²) >= 11 is 6.08. The van der Waals surface area contributed by atoms with Crippen LogP contribution in [0.3, 0.4) is 0 Å². The van der Waals surface area contributed by atoms with Gasteiger partial charge in [-0.15, -0.1) is 0 Å². The number of carbonyl (C=O) groups excluding carboxylic acids is 1. The molecule has 1 saturated heterocycles. The normalized spacial score (nSPS) is 21.1. The van der Waals surface area contributed by atoms with Crippen LogP contribution >= 0.6 is 11.6 Å². The number of amides is 2. The highest BCUT2D eigenvalue weighted by atomic mass is 35.5. The number of aryl methyl sites for hydroxylation is 1. The Hall–Kier alpha value is -1.26. The van der Waals surface area contributed by atoms with Gasteiger partial charge in [-0.1, -0.05) is 24.6 Å². The molecule has 1 heterocycles. The maximum Gasteiger partial charge on any atom is 0.324 e. The molecule has 4 nitrogen and oxygen atoms in total. The predicted octanol–water partition coefficient (Wildman–Crippen LogP) is 4.03. The van der Waals surface area contributed by atoms with Crippen molar-refractivity contribution in [2.45, 2.75) is 45.9 Å². The maximum atomic E-state index is 12.5. The van der Waals surface area contributed by atoms with Crippen LogP contribution in [0, 0.1) is 6.92 Å². The van der Waals surface area contributed by atoms with E-state index in [4.69, 9.17) is 16.3 Å². The molecular formula is C15H21ClN2O2. The van der Waals surface area contributed by atoms with Crippen LogP contribution in [-0.2, 0) is 4.74 Å². The van der Waals surface area contributed by atoms with Crippen molar-refractivity contribution in [1.82, 2.24) is 4.90 Å². The van der Waals surface area contributed by atoms with Gasteiger partial charge in [0.1, 0.15) is 5.72 Å². The SMILES string of the molecule is CCC1COC(C)(C)N1C(=O)Nc1ccc(C)c(Cl)c1. The van der Waals surface area contributed by atoms with Gasteiger partial charge in [-0.25, -0.2) is 4.79 Å². The molecule has 1 aliphatic rings. The summed E-state index contributed by atoms with van der Waals surface area (Å²) in [5, 5.41) is 3.54. The van der Waals surface area contributed by atoms with Crippen molar-refractivity contribution in [2.24, 2.45) is 0 Å². The summed E-state index contributed by atoms with van der Waals surface area (Å²) in [5.74, 6) is 0. The topological polar surface area (TPSA) is 41.6 Å². The van der Waals surface area contributed by atoms with E-state index in [1.54, 1.807) is 11.0 Å². The number of nitrogens with one attached hydrogen (secondary N) is 1. The quantitative estimate of drug-likeness (QED) is 0.895. The Morgan fingerprint density at radius 3 is 2.85 bits per heavy atom. The molecule has 1 aromatic rings. The van der Waals surface area contributed by atoms with E-state index in [1.807, 2.05) is 32.9 Å². The largest absolute Gasteiger partial charge is 0.354 e.